The molecule has 0 spiro atoms. The number of nitrogens with zero attached hydrogens (tertiary/aromatic N) is 2. The van der Waals surface area contributed by atoms with E-state index in [1.165, 1.54) is 17.4 Å². The van der Waals surface area contributed by atoms with Crippen LogP contribution in [0, 0.1) is 5.82 Å². The van der Waals surface area contributed by atoms with Crippen molar-refractivity contribution < 1.29 is 9.18 Å². The Morgan fingerprint density at radius 1 is 1.27 bits per heavy atom. The Morgan fingerprint density at radius 2 is 1.95 bits per heavy atom. The molecule has 1 aromatic carbocycles. The molecular formula is C14H14Cl2FN3OS. The fraction of sp³-hybridized carbons (Fsp3) is 0.357. The van der Waals surface area contributed by atoms with Gasteiger partial charge in [-0.25, -0.2) is 4.39 Å². The first-order valence-corrected chi connectivity index (χ1v) is 8.32. The summed E-state index contributed by atoms with van der Waals surface area (Å²) < 4.78 is 13.5. The van der Waals surface area contributed by atoms with Crippen LogP contribution in [0.3, 0.4) is 0 Å². The molecule has 1 N–H and O–H groups in total. The molecule has 2 rings (SSSR count). The third-order valence-corrected chi connectivity index (χ3v) is 4.85. The molecule has 4 nitrogen and oxygen atoms in total. The van der Waals surface area contributed by atoms with Crippen LogP contribution in [0.25, 0.3) is 0 Å². The number of nitrogens with one attached hydrogen (secondary N) is 1. The van der Waals surface area contributed by atoms with E-state index >= 15 is 0 Å². The number of halogens is 3. The summed E-state index contributed by atoms with van der Waals surface area (Å²) in [5.41, 5.74) is 0.00264. The molecule has 0 fully saturated rings. The third kappa shape index (κ3) is 3.74. The molecule has 0 aliphatic carbocycles. The summed E-state index contributed by atoms with van der Waals surface area (Å²) in [5, 5.41) is 11.8. The average molecular weight is 362 g/mol. The summed E-state index contributed by atoms with van der Waals surface area (Å²) in [4.78, 5) is 12.2. The molecule has 118 valence electrons. The number of benzene rings is 1. The maximum absolute atomic E-state index is 13.5. The molecule has 0 unspecified atom stereocenters. The van der Waals surface area contributed by atoms with Crippen molar-refractivity contribution in [2.45, 2.75) is 32.6 Å². The summed E-state index contributed by atoms with van der Waals surface area (Å²) in [7, 11) is 0. The summed E-state index contributed by atoms with van der Waals surface area (Å²) in [5.74, 6) is -0.932. The maximum Gasteiger partial charge on any atom is 0.259 e. The highest BCUT2D eigenvalue weighted by Gasteiger charge is 2.18. The Morgan fingerprint density at radius 3 is 2.59 bits per heavy atom. The van der Waals surface area contributed by atoms with Crippen LogP contribution in [0.4, 0.5) is 9.52 Å². The van der Waals surface area contributed by atoms with Gasteiger partial charge >= 0.3 is 0 Å². The number of carbonyl (C=O) groups is 1. The van der Waals surface area contributed by atoms with Crippen molar-refractivity contribution in [3.63, 3.8) is 0 Å². The van der Waals surface area contributed by atoms with Crippen molar-refractivity contribution in [3.8, 4) is 0 Å². The van der Waals surface area contributed by atoms with E-state index in [2.05, 4.69) is 29.4 Å². The SMILES string of the molecule is CCC(CC)c1nnc(NC(=O)c2cc(F)c(Cl)cc2Cl)s1. The molecule has 1 heterocycles. The first kappa shape index (κ1) is 17.1. The molecule has 2 aromatic rings. The zero-order valence-corrected chi connectivity index (χ0v) is 14.3. The van der Waals surface area contributed by atoms with Crippen LogP contribution in [-0.4, -0.2) is 16.1 Å². The van der Waals surface area contributed by atoms with Gasteiger partial charge in [0.2, 0.25) is 5.13 Å². The molecule has 1 amide bonds. The van der Waals surface area contributed by atoms with E-state index in [4.69, 9.17) is 23.2 Å². The van der Waals surface area contributed by atoms with E-state index in [-0.39, 0.29) is 15.6 Å². The second-order valence-corrected chi connectivity index (χ2v) is 6.48. The van der Waals surface area contributed by atoms with E-state index in [0.29, 0.717) is 11.0 Å². The molecule has 0 bridgehead atoms. The largest absolute Gasteiger partial charge is 0.296 e. The minimum absolute atomic E-state index is 0.00264. The molecule has 0 radical (unpaired) electrons. The lowest BCUT2D eigenvalue weighted by Crippen LogP contribution is -2.12. The zero-order valence-electron chi connectivity index (χ0n) is 12.0. The normalized spacial score (nSPS) is 11.0. The fourth-order valence-corrected chi connectivity index (χ4v) is 3.42. The highest BCUT2D eigenvalue weighted by Crippen LogP contribution is 2.29. The number of anilines is 1. The third-order valence-electron chi connectivity index (χ3n) is 3.25. The van der Waals surface area contributed by atoms with Crippen molar-refractivity contribution in [1.29, 1.82) is 0 Å². The van der Waals surface area contributed by atoms with Gasteiger partial charge in [0.05, 0.1) is 15.6 Å². The predicted octanol–water partition coefficient (Wildman–Crippen LogP) is 5.14. The van der Waals surface area contributed by atoms with Gasteiger partial charge in [0.15, 0.2) is 0 Å². The Balaban J connectivity index is 2.17. The lowest BCUT2D eigenvalue weighted by atomic mass is 10.1. The fourth-order valence-electron chi connectivity index (χ4n) is 1.95. The quantitative estimate of drug-likeness (QED) is 0.750. The lowest BCUT2D eigenvalue weighted by molar-refractivity contribution is 0.102. The van der Waals surface area contributed by atoms with E-state index in [1.807, 2.05) is 0 Å². The molecule has 0 saturated carbocycles. The Bertz CT molecular complexity index is 689. The first-order chi connectivity index (χ1) is 10.5. The monoisotopic (exact) mass is 361 g/mol. The molecule has 0 aliphatic heterocycles. The maximum atomic E-state index is 13.5. The van der Waals surface area contributed by atoms with Crippen LogP contribution in [0.15, 0.2) is 12.1 Å². The van der Waals surface area contributed by atoms with Gasteiger partial charge in [-0.1, -0.05) is 48.4 Å². The van der Waals surface area contributed by atoms with Gasteiger partial charge < -0.3 is 0 Å². The van der Waals surface area contributed by atoms with Gasteiger partial charge in [-0.05, 0) is 25.0 Å². The lowest BCUT2D eigenvalue weighted by Gasteiger charge is -2.06. The molecule has 8 heteroatoms. The van der Waals surface area contributed by atoms with Crippen molar-refractivity contribution in [1.82, 2.24) is 10.2 Å². The van der Waals surface area contributed by atoms with Gasteiger partial charge in [0, 0.05) is 5.92 Å². The molecular weight excluding hydrogens is 348 g/mol. The molecule has 0 saturated heterocycles. The van der Waals surface area contributed by atoms with Crippen LogP contribution in [0.2, 0.25) is 10.0 Å². The van der Waals surface area contributed by atoms with E-state index in [1.54, 1.807) is 0 Å². The van der Waals surface area contributed by atoms with Crippen molar-refractivity contribution in [2.75, 3.05) is 5.32 Å². The predicted molar refractivity (Wildman–Crippen MR) is 87.6 cm³/mol. The van der Waals surface area contributed by atoms with Gasteiger partial charge in [-0.3, -0.25) is 10.1 Å². The van der Waals surface area contributed by atoms with E-state index in [0.717, 1.165) is 23.9 Å². The van der Waals surface area contributed by atoms with Crippen molar-refractivity contribution >= 4 is 45.6 Å². The molecule has 22 heavy (non-hydrogen) atoms. The Hall–Kier alpha value is -1.24. The number of carbonyl (C=O) groups excluding carboxylic acids is 1. The Kier molecular flexibility index (Phi) is 5.72. The first-order valence-electron chi connectivity index (χ1n) is 6.75. The number of rotatable bonds is 5. The topological polar surface area (TPSA) is 54.9 Å². The van der Waals surface area contributed by atoms with Crippen LogP contribution < -0.4 is 5.32 Å². The van der Waals surface area contributed by atoms with Gasteiger partial charge in [0.25, 0.3) is 5.91 Å². The minimum atomic E-state index is -0.703. The van der Waals surface area contributed by atoms with E-state index in [9.17, 15) is 9.18 Å². The van der Waals surface area contributed by atoms with Crippen LogP contribution in [0.1, 0.15) is 48.0 Å². The standard InChI is InChI=1S/C14H14Cl2FN3OS/c1-3-7(4-2)13-19-20-14(22-13)18-12(21)8-5-11(17)10(16)6-9(8)15/h5-7H,3-4H2,1-2H3,(H,18,20,21). The van der Waals surface area contributed by atoms with Gasteiger partial charge in [-0.2, -0.15) is 0 Å². The molecule has 0 aliphatic rings. The smallest absolute Gasteiger partial charge is 0.259 e. The van der Waals surface area contributed by atoms with Crippen LogP contribution in [-0.2, 0) is 0 Å². The van der Waals surface area contributed by atoms with E-state index < -0.39 is 11.7 Å². The van der Waals surface area contributed by atoms with Gasteiger partial charge in [0.1, 0.15) is 10.8 Å². The second kappa shape index (κ2) is 7.35. The summed E-state index contributed by atoms with van der Waals surface area (Å²) in [6, 6.07) is 2.20. The number of hydrogen-bond donors (Lipinski definition) is 1. The van der Waals surface area contributed by atoms with Crippen molar-refractivity contribution in [3.05, 3.63) is 38.6 Å². The van der Waals surface area contributed by atoms with Crippen molar-refractivity contribution in [2.24, 2.45) is 0 Å². The molecule has 0 atom stereocenters. The molecule has 1 aromatic heterocycles. The number of amides is 1. The Labute approximate surface area is 141 Å². The summed E-state index contributed by atoms with van der Waals surface area (Å²) in [6.45, 7) is 4.15. The summed E-state index contributed by atoms with van der Waals surface area (Å²) in [6.07, 6.45) is 1.90. The highest BCUT2D eigenvalue weighted by molar-refractivity contribution is 7.15. The van der Waals surface area contributed by atoms with Gasteiger partial charge in [-0.15, -0.1) is 10.2 Å². The van der Waals surface area contributed by atoms with Crippen LogP contribution in [0.5, 0.6) is 0 Å². The highest BCUT2D eigenvalue weighted by atomic mass is 35.5. The number of aromatic nitrogens is 2. The summed E-state index contributed by atoms with van der Waals surface area (Å²) >= 11 is 12.8. The average Bonchev–Trinajstić information content (AvgIpc) is 2.92. The van der Waals surface area contributed by atoms with Crippen LogP contribution >= 0.6 is 34.5 Å². The second-order valence-electron chi connectivity index (χ2n) is 4.66. The number of hydrogen-bond acceptors (Lipinski definition) is 4. The minimum Gasteiger partial charge on any atom is -0.296 e. The zero-order chi connectivity index (χ0) is 16.3.